The van der Waals surface area contributed by atoms with Crippen molar-refractivity contribution in [2.24, 2.45) is 5.92 Å². The summed E-state index contributed by atoms with van der Waals surface area (Å²) < 4.78 is 0. The lowest BCUT2D eigenvalue weighted by Crippen LogP contribution is -2.37. The number of hydrogen-bond donors (Lipinski definition) is 0. The first-order valence-electron chi connectivity index (χ1n) is 7.70. The van der Waals surface area contributed by atoms with Crippen molar-refractivity contribution in [1.29, 1.82) is 0 Å². The maximum Gasteiger partial charge on any atom is 0.225 e. The van der Waals surface area contributed by atoms with Crippen molar-refractivity contribution in [2.45, 2.75) is 45.4 Å². The van der Waals surface area contributed by atoms with E-state index in [4.69, 9.17) is 11.6 Å². The number of carbonyl (C=O) groups excluding carboxylic acids is 1. The molecule has 3 heteroatoms. The zero-order valence-electron chi connectivity index (χ0n) is 12.4. The average molecular weight is 294 g/mol. The molecule has 0 aliphatic heterocycles. The second kappa shape index (κ2) is 7.12. The van der Waals surface area contributed by atoms with Gasteiger partial charge in [0.25, 0.3) is 0 Å². The highest BCUT2D eigenvalue weighted by atomic mass is 35.5. The van der Waals surface area contributed by atoms with E-state index in [1.165, 1.54) is 5.56 Å². The summed E-state index contributed by atoms with van der Waals surface area (Å²) in [5.41, 5.74) is 1.36. The number of hydrogen-bond acceptors (Lipinski definition) is 1. The van der Waals surface area contributed by atoms with Crippen LogP contribution >= 0.6 is 11.6 Å². The van der Waals surface area contributed by atoms with E-state index in [0.717, 1.165) is 43.8 Å². The molecule has 0 unspecified atom stereocenters. The third kappa shape index (κ3) is 3.54. The van der Waals surface area contributed by atoms with Gasteiger partial charge in [0.1, 0.15) is 0 Å². The van der Waals surface area contributed by atoms with E-state index < -0.39 is 0 Å². The first-order chi connectivity index (χ1) is 9.65. The van der Waals surface area contributed by atoms with Crippen LogP contribution in [0.5, 0.6) is 0 Å². The number of benzene rings is 1. The molecule has 0 spiro atoms. The molecule has 2 rings (SSSR count). The van der Waals surface area contributed by atoms with E-state index in [2.05, 4.69) is 26.0 Å². The molecule has 0 bridgehead atoms. The van der Waals surface area contributed by atoms with Gasteiger partial charge in [-0.05, 0) is 63.1 Å². The molecule has 20 heavy (non-hydrogen) atoms. The Morgan fingerprint density at radius 3 is 2.15 bits per heavy atom. The molecule has 0 saturated heterocycles. The van der Waals surface area contributed by atoms with Crippen LogP contribution in [0.3, 0.4) is 0 Å². The largest absolute Gasteiger partial charge is 0.343 e. The topological polar surface area (TPSA) is 20.3 Å². The predicted octanol–water partition coefficient (Wildman–Crippen LogP) is 4.48. The molecule has 0 radical (unpaired) electrons. The maximum atomic E-state index is 12.4. The first-order valence-corrected chi connectivity index (χ1v) is 8.07. The molecule has 1 aliphatic rings. The number of rotatable bonds is 4. The van der Waals surface area contributed by atoms with E-state index in [-0.39, 0.29) is 5.92 Å². The highest BCUT2D eigenvalue weighted by molar-refractivity contribution is 6.30. The summed E-state index contributed by atoms with van der Waals surface area (Å²) in [5.74, 6) is 1.18. The van der Waals surface area contributed by atoms with Crippen LogP contribution in [-0.2, 0) is 4.79 Å². The second-order valence-electron chi connectivity index (χ2n) is 5.61. The van der Waals surface area contributed by atoms with Crippen molar-refractivity contribution in [2.75, 3.05) is 13.1 Å². The monoisotopic (exact) mass is 293 g/mol. The van der Waals surface area contributed by atoms with Crippen LogP contribution in [0.1, 0.15) is 51.0 Å². The highest BCUT2D eigenvalue weighted by Gasteiger charge is 2.28. The normalized spacial score (nSPS) is 22.6. The highest BCUT2D eigenvalue weighted by Crippen LogP contribution is 2.36. The van der Waals surface area contributed by atoms with E-state index in [1.807, 2.05) is 17.0 Å². The Morgan fingerprint density at radius 2 is 1.65 bits per heavy atom. The molecular weight excluding hydrogens is 270 g/mol. The number of halogens is 1. The summed E-state index contributed by atoms with van der Waals surface area (Å²) in [4.78, 5) is 14.3. The van der Waals surface area contributed by atoms with Gasteiger partial charge in [-0.15, -0.1) is 0 Å². The molecule has 1 amide bonds. The molecule has 0 N–H and O–H groups in total. The Balaban J connectivity index is 1.92. The minimum atomic E-state index is 0.235. The minimum absolute atomic E-state index is 0.235. The predicted molar refractivity (Wildman–Crippen MR) is 84.1 cm³/mol. The summed E-state index contributed by atoms with van der Waals surface area (Å²) in [7, 11) is 0. The Morgan fingerprint density at radius 1 is 1.10 bits per heavy atom. The second-order valence-corrected chi connectivity index (χ2v) is 6.05. The van der Waals surface area contributed by atoms with Crippen molar-refractivity contribution >= 4 is 17.5 Å². The summed E-state index contributed by atoms with van der Waals surface area (Å²) in [6, 6.07) is 8.17. The first kappa shape index (κ1) is 15.4. The van der Waals surface area contributed by atoms with Crippen LogP contribution < -0.4 is 0 Å². The van der Waals surface area contributed by atoms with Crippen LogP contribution in [0, 0.1) is 5.92 Å². The molecule has 1 aromatic carbocycles. The van der Waals surface area contributed by atoms with Gasteiger partial charge in [0.05, 0.1) is 0 Å². The number of carbonyl (C=O) groups is 1. The lowest BCUT2D eigenvalue weighted by molar-refractivity contribution is -0.136. The van der Waals surface area contributed by atoms with Gasteiger partial charge in [-0.3, -0.25) is 4.79 Å². The fourth-order valence-corrected chi connectivity index (χ4v) is 3.33. The summed E-state index contributed by atoms with van der Waals surface area (Å²) >= 11 is 5.93. The third-order valence-electron chi connectivity index (χ3n) is 4.49. The van der Waals surface area contributed by atoms with Gasteiger partial charge in [0, 0.05) is 24.0 Å². The summed E-state index contributed by atoms with van der Waals surface area (Å²) in [6.07, 6.45) is 4.25. The molecule has 1 fully saturated rings. The van der Waals surface area contributed by atoms with Crippen LogP contribution in [0.4, 0.5) is 0 Å². The van der Waals surface area contributed by atoms with E-state index in [9.17, 15) is 4.79 Å². The van der Waals surface area contributed by atoms with Crippen LogP contribution in [0.2, 0.25) is 5.02 Å². The summed E-state index contributed by atoms with van der Waals surface area (Å²) in [6.45, 7) is 5.76. The zero-order chi connectivity index (χ0) is 14.5. The lowest BCUT2D eigenvalue weighted by Gasteiger charge is -2.31. The van der Waals surface area contributed by atoms with Gasteiger partial charge < -0.3 is 4.90 Å². The van der Waals surface area contributed by atoms with E-state index in [1.54, 1.807) is 0 Å². The standard InChI is InChI=1S/C17H24ClNO/c1-3-19(4-2)17(20)15-7-5-13(6-8-15)14-9-11-16(18)12-10-14/h9-13,15H,3-8H2,1-2H3. The van der Waals surface area contributed by atoms with Crippen LogP contribution in [0.15, 0.2) is 24.3 Å². The van der Waals surface area contributed by atoms with Crippen molar-refractivity contribution < 1.29 is 4.79 Å². The van der Waals surface area contributed by atoms with Gasteiger partial charge >= 0.3 is 0 Å². The molecule has 0 heterocycles. The van der Waals surface area contributed by atoms with Crippen LogP contribution in [0.25, 0.3) is 0 Å². The van der Waals surface area contributed by atoms with Crippen LogP contribution in [-0.4, -0.2) is 23.9 Å². The Labute approximate surface area is 127 Å². The van der Waals surface area contributed by atoms with Crippen molar-refractivity contribution in [3.63, 3.8) is 0 Å². The van der Waals surface area contributed by atoms with Gasteiger partial charge in [-0.25, -0.2) is 0 Å². The molecule has 110 valence electrons. The molecule has 1 aromatic rings. The summed E-state index contributed by atoms with van der Waals surface area (Å²) in [5, 5.41) is 0.791. The quantitative estimate of drug-likeness (QED) is 0.801. The van der Waals surface area contributed by atoms with Gasteiger partial charge in [-0.2, -0.15) is 0 Å². The minimum Gasteiger partial charge on any atom is -0.343 e. The number of nitrogens with zero attached hydrogens (tertiary/aromatic N) is 1. The fraction of sp³-hybridized carbons (Fsp3) is 0.588. The zero-order valence-corrected chi connectivity index (χ0v) is 13.2. The molecule has 2 nitrogen and oxygen atoms in total. The molecule has 0 aromatic heterocycles. The molecular formula is C17H24ClNO. The molecule has 1 saturated carbocycles. The average Bonchev–Trinajstić information content (AvgIpc) is 2.49. The van der Waals surface area contributed by atoms with E-state index >= 15 is 0 Å². The van der Waals surface area contributed by atoms with Crippen molar-refractivity contribution in [3.05, 3.63) is 34.9 Å². The maximum absolute atomic E-state index is 12.4. The van der Waals surface area contributed by atoms with Gasteiger partial charge in [0.15, 0.2) is 0 Å². The lowest BCUT2D eigenvalue weighted by atomic mass is 9.78. The fourth-order valence-electron chi connectivity index (χ4n) is 3.20. The van der Waals surface area contributed by atoms with E-state index in [0.29, 0.717) is 11.8 Å². The Kier molecular flexibility index (Phi) is 5.47. The Hall–Kier alpha value is -1.02. The third-order valence-corrected chi connectivity index (χ3v) is 4.74. The van der Waals surface area contributed by atoms with Crippen molar-refractivity contribution in [3.8, 4) is 0 Å². The van der Waals surface area contributed by atoms with Gasteiger partial charge in [-0.1, -0.05) is 23.7 Å². The smallest absolute Gasteiger partial charge is 0.225 e. The number of amides is 1. The Bertz CT molecular complexity index is 431. The molecule has 0 atom stereocenters. The van der Waals surface area contributed by atoms with Gasteiger partial charge in [0.2, 0.25) is 5.91 Å². The SMILES string of the molecule is CCN(CC)C(=O)C1CCC(c2ccc(Cl)cc2)CC1. The molecule has 1 aliphatic carbocycles. The van der Waals surface area contributed by atoms with Crippen molar-refractivity contribution in [1.82, 2.24) is 4.90 Å².